The second-order valence-electron chi connectivity index (χ2n) is 4.28. The topological polar surface area (TPSA) is 72.2 Å². The summed E-state index contributed by atoms with van der Waals surface area (Å²) in [5, 5.41) is 4.74. The standard InChI is InChI=1S/C14H14N2O2S/c1-9-6-12(19-8-9)14(18)16-11-4-2-10(3-5-11)7-13(15)17/h2-6,8H,7H2,1H3,(H2,15,17)(H,16,18). The molecule has 0 saturated heterocycles. The van der Waals surface area contributed by atoms with Crippen LogP contribution in [0.5, 0.6) is 0 Å². The molecule has 0 bridgehead atoms. The van der Waals surface area contributed by atoms with Gasteiger partial charge in [0.2, 0.25) is 5.91 Å². The quantitative estimate of drug-likeness (QED) is 0.898. The molecule has 0 fully saturated rings. The molecule has 0 spiro atoms. The zero-order valence-corrected chi connectivity index (χ0v) is 11.3. The molecule has 1 heterocycles. The van der Waals surface area contributed by atoms with E-state index in [9.17, 15) is 9.59 Å². The van der Waals surface area contributed by atoms with Gasteiger partial charge in [-0.05, 0) is 41.6 Å². The first-order valence-electron chi connectivity index (χ1n) is 5.78. The molecular weight excluding hydrogens is 260 g/mol. The summed E-state index contributed by atoms with van der Waals surface area (Å²) in [6, 6.07) is 8.93. The van der Waals surface area contributed by atoms with Crippen molar-refractivity contribution in [3.05, 3.63) is 51.7 Å². The maximum atomic E-state index is 11.9. The monoisotopic (exact) mass is 274 g/mol. The minimum Gasteiger partial charge on any atom is -0.369 e. The highest BCUT2D eigenvalue weighted by Gasteiger charge is 2.08. The number of carbonyl (C=O) groups excluding carboxylic acids is 2. The zero-order chi connectivity index (χ0) is 13.8. The summed E-state index contributed by atoms with van der Waals surface area (Å²) in [5.74, 6) is -0.494. The second-order valence-corrected chi connectivity index (χ2v) is 5.19. The lowest BCUT2D eigenvalue weighted by Gasteiger charge is -2.04. The number of nitrogens with one attached hydrogen (secondary N) is 1. The molecule has 4 nitrogen and oxygen atoms in total. The maximum Gasteiger partial charge on any atom is 0.265 e. The van der Waals surface area contributed by atoms with E-state index in [-0.39, 0.29) is 18.2 Å². The Kier molecular flexibility index (Phi) is 3.97. The van der Waals surface area contributed by atoms with Crippen LogP contribution < -0.4 is 11.1 Å². The van der Waals surface area contributed by atoms with Gasteiger partial charge >= 0.3 is 0 Å². The van der Waals surface area contributed by atoms with Crippen LogP contribution >= 0.6 is 11.3 Å². The van der Waals surface area contributed by atoms with Gasteiger partial charge in [0.05, 0.1) is 11.3 Å². The normalized spacial score (nSPS) is 10.2. The molecule has 0 aliphatic carbocycles. The van der Waals surface area contributed by atoms with E-state index in [4.69, 9.17) is 5.73 Å². The molecule has 0 radical (unpaired) electrons. The summed E-state index contributed by atoms with van der Waals surface area (Å²) in [6.45, 7) is 1.95. The molecule has 1 aromatic heterocycles. The molecule has 2 rings (SSSR count). The van der Waals surface area contributed by atoms with Crippen molar-refractivity contribution in [2.24, 2.45) is 5.73 Å². The molecule has 19 heavy (non-hydrogen) atoms. The van der Waals surface area contributed by atoms with Gasteiger partial charge in [0, 0.05) is 5.69 Å². The fraction of sp³-hybridized carbons (Fsp3) is 0.143. The number of amides is 2. The van der Waals surface area contributed by atoms with Gasteiger partial charge in [0.15, 0.2) is 0 Å². The van der Waals surface area contributed by atoms with Crippen molar-refractivity contribution in [2.75, 3.05) is 5.32 Å². The molecule has 2 aromatic rings. The van der Waals surface area contributed by atoms with E-state index in [0.717, 1.165) is 11.1 Å². The van der Waals surface area contributed by atoms with Crippen molar-refractivity contribution >= 4 is 28.8 Å². The molecule has 5 heteroatoms. The number of primary amides is 1. The summed E-state index contributed by atoms with van der Waals surface area (Å²) >= 11 is 1.42. The number of hydrogen-bond donors (Lipinski definition) is 2. The van der Waals surface area contributed by atoms with Gasteiger partial charge in [-0.1, -0.05) is 12.1 Å². The Hall–Kier alpha value is -2.14. The van der Waals surface area contributed by atoms with Gasteiger partial charge in [0.1, 0.15) is 0 Å². The Labute approximate surface area is 115 Å². The molecular formula is C14H14N2O2S. The first-order valence-corrected chi connectivity index (χ1v) is 6.66. The van der Waals surface area contributed by atoms with Crippen molar-refractivity contribution in [1.82, 2.24) is 0 Å². The molecule has 3 N–H and O–H groups in total. The summed E-state index contributed by atoms with van der Waals surface area (Å²) in [7, 11) is 0. The highest BCUT2D eigenvalue weighted by Crippen LogP contribution is 2.16. The minimum absolute atomic E-state index is 0.124. The number of aryl methyl sites for hydroxylation is 1. The van der Waals surface area contributed by atoms with Crippen LogP contribution in [0.2, 0.25) is 0 Å². The summed E-state index contributed by atoms with van der Waals surface area (Å²) < 4.78 is 0. The van der Waals surface area contributed by atoms with E-state index >= 15 is 0 Å². The lowest BCUT2D eigenvalue weighted by atomic mass is 10.1. The van der Waals surface area contributed by atoms with Gasteiger partial charge in [-0.25, -0.2) is 0 Å². The fourth-order valence-electron chi connectivity index (χ4n) is 1.65. The lowest BCUT2D eigenvalue weighted by Crippen LogP contribution is -2.14. The van der Waals surface area contributed by atoms with E-state index in [1.54, 1.807) is 24.3 Å². The zero-order valence-electron chi connectivity index (χ0n) is 10.5. The third-order valence-corrected chi connectivity index (χ3v) is 3.59. The van der Waals surface area contributed by atoms with Gasteiger partial charge < -0.3 is 11.1 Å². The minimum atomic E-state index is -0.370. The average Bonchev–Trinajstić information content (AvgIpc) is 2.78. The van der Waals surface area contributed by atoms with Crippen LogP contribution in [0.1, 0.15) is 20.8 Å². The Morgan fingerprint density at radius 3 is 2.47 bits per heavy atom. The van der Waals surface area contributed by atoms with Crippen LogP contribution in [0.3, 0.4) is 0 Å². The van der Waals surface area contributed by atoms with Gasteiger partial charge in [0.25, 0.3) is 5.91 Å². The lowest BCUT2D eigenvalue weighted by molar-refractivity contribution is -0.117. The number of benzene rings is 1. The maximum absolute atomic E-state index is 11.9. The van der Waals surface area contributed by atoms with Crippen molar-refractivity contribution in [2.45, 2.75) is 13.3 Å². The first kappa shape index (κ1) is 13.3. The van der Waals surface area contributed by atoms with Crippen molar-refractivity contribution in [3.8, 4) is 0 Å². The van der Waals surface area contributed by atoms with Gasteiger partial charge in [-0.2, -0.15) is 0 Å². The van der Waals surface area contributed by atoms with E-state index in [2.05, 4.69) is 5.32 Å². The average molecular weight is 274 g/mol. The van der Waals surface area contributed by atoms with Crippen molar-refractivity contribution < 1.29 is 9.59 Å². The summed E-state index contributed by atoms with van der Waals surface area (Å²) in [4.78, 5) is 23.4. The molecule has 0 aliphatic rings. The number of rotatable bonds is 4. The highest BCUT2D eigenvalue weighted by molar-refractivity contribution is 7.12. The first-order chi connectivity index (χ1) is 9.04. The van der Waals surface area contributed by atoms with Crippen LogP contribution in [-0.2, 0) is 11.2 Å². The SMILES string of the molecule is Cc1csc(C(=O)Nc2ccc(CC(N)=O)cc2)c1. The third kappa shape index (κ3) is 3.66. The summed E-state index contributed by atoms with van der Waals surface area (Å²) in [5.41, 5.74) is 7.72. The Balaban J connectivity index is 2.03. The molecule has 1 aromatic carbocycles. The molecule has 0 atom stereocenters. The Morgan fingerprint density at radius 1 is 1.26 bits per heavy atom. The van der Waals surface area contributed by atoms with E-state index in [0.29, 0.717) is 10.6 Å². The smallest absolute Gasteiger partial charge is 0.265 e. The molecule has 0 aliphatic heterocycles. The number of thiophene rings is 1. The molecule has 98 valence electrons. The third-order valence-electron chi connectivity index (χ3n) is 2.54. The summed E-state index contributed by atoms with van der Waals surface area (Å²) in [6.07, 6.45) is 0.207. The highest BCUT2D eigenvalue weighted by atomic mass is 32.1. The predicted molar refractivity (Wildman–Crippen MR) is 76.3 cm³/mol. The largest absolute Gasteiger partial charge is 0.369 e. The van der Waals surface area contributed by atoms with Crippen LogP contribution in [0, 0.1) is 6.92 Å². The van der Waals surface area contributed by atoms with Crippen LogP contribution in [-0.4, -0.2) is 11.8 Å². The van der Waals surface area contributed by atoms with E-state index in [1.807, 2.05) is 18.4 Å². The van der Waals surface area contributed by atoms with Crippen molar-refractivity contribution in [1.29, 1.82) is 0 Å². The van der Waals surface area contributed by atoms with E-state index in [1.165, 1.54) is 11.3 Å². The Morgan fingerprint density at radius 2 is 1.95 bits per heavy atom. The second kappa shape index (κ2) is 5.67. The molecule has 0 unspecified atom stereocenters. The predicted octanol–water partition coefficient (Wildman–Crippen LogP) is 2.34. The number of anilines is 1. The Bertz CT molecular complexity index is 602. The molecule has 2 amide bonds. The van der Waals surface area contributed by atoms with E-state index < -0.39 is 0 Å². The van der Waals surface area contributed by atoms with Crippen LogP contribution in [0.15, 0.2) is 35.7 Å². The number of carbonyl (C=O) groups is 2. The van der Waals surface area contributed by atoms with Crippen LogP contribution in [0.25, 0.3) is 0 Å². The van der Waals surface area contributed by atoms with Crippen molar-refractivity contribution in [3.63, 3.8) is 0 Å². The van der Waals surface area contributed by atoms with Gasteiger partial charge in [-0.3, -0.25) is 9.59 Å². The number of hydrogen-bond acceptors (Lipinski definition) is 3. The fourth-order valence-corrected chi connectivity index (χ4v) is 2.44. The number of nitrogens with two attached hydrogens (primary N) is 1. The van der Waals surface area contributed by atoms with Gasteiger partial charge in [-0.15, -0.1) is 11.3 Å². The van der Waals surface area contributed by atoms with Crippen LogP contribution in [0.4, 0.5) is 5.69 Å². The molecule has 0 saturated carbocycles.